The summed E-state index contributed by atoms with van der Waals surface area (Å²) in [5.41, 5.74) is 0.815. The second-order valence-electron chi connectivity index (χ2n) is 4.06. The van der Waals surface area contributed by atoms with E-state index in [2.05, 4.69) is 10.6 Å². The average molecular weight is 264 g/mol. The fraction of sp³-hybridized carbons (Fsp3) is 0.308. The predicted molar refractivity (Wildman–Crippen MR) is 68.4 cm³/mol. The van der Waals surface area contributed by atoms with Crippen LogP contribution in [0, 0.1) is 0 Å². The highest BCUT2D eigenvalue weighted by Crippen LogP contribution is 2.03. The third-order valence-corrected chi connectivity index (χ3v) is 2.41. The molecule has 0 fully saturated rings. The average Bonchev–Trinajstić information content (AvgIpc) is 2.36. The van der Waals surface area contributed by atoms with Gasteiger partial charge in [-0.1, -0.05) is 30.3 Å². The number of benzene rings is 1. The standard InChI is InChI=1S/C13H16N2O4/c1-9(16)14-8-12(17)15-11(13(18)19)7-10-5-3-2-4-6-10/h2-6,11H,7-8H2,1H3,(H,14,16)(H,15,17)(H,18,19)/t11-/m1/s1. The van der Waals surface area contributed by atoms with E-state index in [1.54, 1.807) is 24.3 Å². The highest BCUT2D eigenvalue weighted by atomic mass is 16.4. The number of carbonyl (C=O) groups is 3. The highest BCUT2D eigenvalue weighted by Gasteiger charge is 2.20. The number of aliphatic carboxylic acids is 1. The number of hydrogen-bond donors (Lipinski definition) is 3. The van der Waals surface area contributed by atoms with Gasteiger partial charge in [-0.05, 0) is 5.56 Å². The Morgan fingerprint density at radius 2 is 1.84 bits per heavy atom. The molecule has 1 atom stereocenters. The molecule has 0 heterocycles. The number of nitrogens with one attached hydrogen (secondary N) is 2. The molecule has 3 N–H and O–H groups in total. The van der Waals surface area contributed by atoms with Crippen molar-refractivity contribution in [1.82, 2.24) is 10.6 Å². The smallest absolute Gasteiger partial charge is 0.326 e. The highest BCUT2D eigenvalue weighted by molar-refractivity contribution is 5.87. The summed E-state index contributed by atoms with van der Waals surface area (Å²) in [6.07, 6.45) is 0.196. The van der Waals surface area contributed by atoms with Gasteiger partial charge in [0.2, 0.25) is 11.8 Å². The Kier molecular flexibility index (Phi) is 5.53. The first-order valence-electron chi connectivity index (χ1n) is 5.79. The van der Waals surface area contributed by atoms with E-state index in [4.69, 9.17) is 5.11 Å². The molecule has 2 amide bonds. The fourth-order valence-corrected chi connectivity index (χ4v) is 1.50. The number of amides is 2. The number of hydrogen-bond acceptors (Lipinski definition) is 3. The maximum absolute atomic E-state index is 11.5. The number of carbonyl (C=O) groups excluding carboxylic acids is 2. The summed E-state index contributed by atoms with van der Waals surface area (Å²) in [6.45, 7) is 1.06. The molecule has 1 rings (SSSR count). The van der Waals surface area contributed by atoms with Gasteiger partial charge >= 0.3 is 5.97 Å². The molecule has 0 unspecified atom stereocenters. The number of rotatable bonds is 6. The summed E-state index contributed by atoms with van der Waals surface area (Å²) in [5.74, 6) is -1.98. The Morgan fingerprint density at radius 3 is 2.37 bits per heavy atom. The van der Waals surface area contributed by atoms with E-state index >= 15 is 0 Å². The monoisotopic (exact) mass is 264 g/mol. The van der Waals surface area contributed by atoms with Crippen LogP contribution in [0.1, 0.15) is 12.5 Å². The number of carboxylic acid groups (broad SMARTS) is 1. The zero-order valence-electron chi connectivity index (χ0n) is 10.6. The lowest BCUT2D eigenvalue weighted by Crippen LogP contribution is -2.46. The van der Waals surface area contributed by atoms with E-state index in [0.29, 0.717) is 0 Å². The minimum Gasteiger partial charge on any atom is -0.480 e. The molecule has 6 heteroatoms. The molecule has 0 bridgehead atoms. The maximum Gasteiger partial charge on any atom is 0.326 e. The van der Waals surface area contributed by atoms with Crippen molar-refractivity contribution in [3.8, 4) is 0 Å². The van der Waals surface area contributed by atoms with Crippen LogP contribution in [0.2, 0.25) is 0 Å². The molecule has 0 aliphatic heterocycles. The Morgan fingerprint density at radius 1 is 1.21 bits per heavy atom. The Hall–Kier alpha value is -2.37. The third-order valence-electron chi connectivity index (χ3n) is 2.41. The third kappa shape index (κ3) is 5.67. The molecule has 0 aromatic heterocycles. The van der Waals surface area contributed by atoms with Gasteiger partial charge in [-0.3, -0.25) is 9.59 Å². The van der Waals surface area contributed by atoms with E-state index < -0.39 is 17.9 Å². The van der Waals surface area contributed by atoms with Crippen LogP contribution in [-0.2, 0) is 20.8 Å². The molecule has 19 heavy (non-hydrogen) atoms. The fourth-order valence-electron chi connectivity index (χ4n) is 1.50. The van der Waals surface area contributed by atoms with Gasteiger partial charge in [0.05, 0.1) is 6.54 Å². The molecule has 0 saturated carbocycles. The van der Waals surface area contributed by atoms with Crippen LogP contribution >= 0.6 is 0 Å². The molecule has 1 aromatic rings. The van der Waals surface area contributed by atoms with E-state index in [9.17, 15) is 14.4 Å². The van der Waals surface area contributed by atoms with Crippen LogP contribution in [0.4, 0.5) is 0 Å². The quantitative estimate of drug-likeness (QED) is 0.670. The Bertz CT molecular complexity index is 459. The molecule has 1 aromatic carbocycles. The van der Waals surface area contributed by atoms with Gasteiger partial charge < -0.3 is 15.7 Å². The van der Waals surface area contributed by atoms with Crippen molar-refractivity contribution in [1.29, 1.82) is 0 Å². The molecular weight excluding hydrogens is 248 g/mol. The zero-order chi connectivity index (χ0) is 14.3. The van der Waals surface area contributed by atoms with E-state index in [1.165, 1.54) is 6.92 Å². The number of carboxylic acids is 1. The maximum atomic E-state index is 11.5. The van der Waals surface area contributed by atoms with Gasteiger partial charge in [-0.15, -0.1) is 0 Å². The minimum atomic E-state index is -1.11. The molecule has 6 nitrogen and oxygen atoms in total. The second kappa shape index (κ2) is 7.15. The van der Waals surface area contributed by atoms with Gasteiger partial charge in [0, 0.05) is 13.3 Å². The second-order valence-corrected chi connectivity index (χ2v) is 4.06. The molecule has 0 saturated heterocycles. The van der Waals surface area contributed by atoms with Crippen LogP contribution < -0.4 is 10.6 Å². The lowest BCUT2D eigenvalue weighted by molar-refractivity contribution is -0.141. The van der Waals surface area contributed by atoms with Crippen LogP contribution in [0.5, 0.6) is 0 Å². The summed E-state index contributed by atoms with van der Waals surface area (Å²) in [6, 6.07) is 7.99. The minimum absolute atomic E-state index is 0.196. The zero-order valence-corrected chi connectivity index (χ0v) is 10.6. The van der Waals surface area contributed by atoms with Gasteiger partial charge in [0.1, 0.15) is 6.04 Å². The van der Waals surface area contributed by atoms with E-state index in [-0.39, 0.29) is 18.9 Å². The van der Waals surface area contributed by atoms with Crippen molar-refractivity contribution in [2.45, 2.75) is 19.4 Å². The largest absolute Gasteiger partial charge is 0.480 e. The lowest BCUT2D eigenvalue weighted by Gasteiger charge is -2.14. The first kappa shape index (κ1) is 14.7. The topological polar surface area (TPSA) is 95.5 Å². The Balaban J connectivity index is 2.56. The van der Waals surface area contributed by atoms with Crippen LogP contribution in [0.25, 0.3) is 0 Å². The molecule has 0 radical (unpaired) electrons. The summed E-state index contributed by atoms with van der Waals surface area (Å²) in [4.78, 5) is 33.2. The summed E-state index contributed by atoms with van der Waals surface area (Å²) >= 11 is 0. The van der Waals surface area contributed by atoms with Crippen molar-refractivity contribution in [2.24, 2.45) is 0 Å². The normalized spacial score (nSPS) is 11.4. The van der Waals surface area contributed by atoms with Gasteiger partial charge in [-0.25, -0.2) is 4.79 Å². The van der Waals surface area contributed by atoms with Gasteiger partial charge in [0.15, 0.2) is 0 Å². The Labute approximate surface area is 110 Å². The lowest BCUT2D eigenvalue weighted by atomic mass is 10.1. The summed E-state index contributed by atoms with van der Waals surface area (Å²) in [5, 5.41) is 13.7. The summed E-state index contributed by atoms with van der Waals surface area (Å²) < 4.78 is 0. The summed E-state index contributed by atoms with van der Waals surface area (Å²) in [7, 11) is 0. The van der Waals surface area contributed by atoms with Crippen LogP contribution in [-0.4, -0.2) is 35.5 Å². The van der Waals surface area contributed by atoms with Crippen LogP contribution in [0.3, 0.4) is 0 Å². The van der Waals surface area contributed by atoms with Gasteiger partial charge in [0.25, 0.3) is 0 Å². The molecule has 0 aliphatic rings. The molecule has 0 aliphatic carbocycles. The molecular formula is C13H16N2O4. The predicted octanol–water partition coefficient (Wildman–Crippen LogP) is -0.0654. The van der Waals surface area contributed by atoms with E-state index in [0.717, 1.165) is 5.56 Å². The van der Waals surface area contributed by atoms with Crippen molar-refractivity contribution in [2.75, 3.05) is 6.54 Å². The van der Waals surface area contributed by atoms with Gasteiger partial charge in [-0.2, -0.15) is 0 Å². The molecule has 0 spiro atoms. The first-order chi connectivity index (χ1) is 8.99. The first-order valence-corrected chi connectivity index (χ1v) is 5.79. The van der Waals surface area contributed by atoms with Crippen LogP contribution in [0.15, 0.2) is 30.3 Å². The van der Waals surface area contributed by atoms with Crippen molar-refractivity contribution < 1.29 is 19.5 Å². The SMILES string of the molecule is CC(=O)NCC(=O)N[C@H](Cc1ccccc1)C(=O)O. The van der Waals surface area contributed by atoms with Crippen molar-refractivity contribution >= 4 is 17.8 Å². The van der Waals surface area contributed by atoms with Crippen molar-refractivity contribution in [3.63, 3.8) is 0 Å². The molecule has 102 valence electrons. The van der Waals surface area contributed by atoms with E-state index in [1.807, 2.05) is 6.07 Å². The van der Waals surface area contributed by atoms with Crippen molar-refractivity contribution in [3.05, 3.63) is 35.9 Å².